The number of hydrogen-bond donors (Lipinski definition) is 7. The molecule has 0 heterocycles. The molecule has 14 nitrogen and oxygen atoms in total. The molecule has 3 aliphatic carbocycles. The van der Waals surface area contributed by atoms with Gasteiger partial charge in [-0.05, 0) is 67.7 Å². The number of aliphatic hydroxyl groups is 4. The van der Waals surface area contributed by atoms with Crippen LogP contribution < -0.4 is 11.1 Å². The molecule has 0 aromatic heterocycles. The van der Waals surface area contributed by atoms with E-state index in [9.17, 15) is 49.5 Å². The number of carbonyl (C=O) groups is 5. The summed E-state index contributed by atoms with van der Waals surface area (Å²) in [5, 5.41) is 57.0. The summed E-state index contributed by atoms with van der Waals surface area (Å²) < 4.78 is 4.59. The van der Waals surface area contributed by atoms with Crippen molar-refractivity contribution in [2.45, 2.75) is 30.5 Å². The first-order chi connectivity index (χ1) is 21.7. The molecule has 2 amide bonds. The van der Waals surface area contributed by atoms with Crippen molar-refractivity contribution in [3.63, 3.8) is 0 Å². The van der Waals surface area contributed by atoms with Gasteiger partial charge in [0.25, 0.3) is 11.8 Å². The Bertz CT molecular complexity index is 1760. The van der Waals surface area contributed by atoms with Gasteiger partial charge >= 0.3 is 5.97 Å². The number of nitrogens with two attached hydrogens (primary N) is 1. The summed E-state index contributed by atoms with van der Waals surface area (Å²) in [5.74, 6) is -9.04. The maximum atomic E-state index is 14.0. The van der Waals surface area contributed by atoms with Crippen molar-refractivity contribution in [2.24, 2.45) is 17.6 Å². The lowest BCUT2D eigenvalue weighted by atomic mass is 9.57. The van der Waals surface area contributed by atoms with Gasteiger partial charge in [-0.25, -0.2) is 4.79 Å². The number of amides is 2. The van der Waals surface area contributed by atoms with Gasteiger partial charge in [0.05, 0.1) is 25.3 Å². The molecule has 1 saturated carbocycles. The highest BCUT2D eigenvalue weighted by Gasteiger charge is 2.64. The number of phenols is 1. The van der Waals surface area contributed by atoms with E-state index in [1.807, 2.05) is 0 Å². The van der Waals surface area contributed by atoms with Gasteiger partial charge in [0.15, 0.2) is 17.4 Å². The number of Topliss-reactive ketones (excluding diaryl/α,β-unsaturated/α-hetero) is 2. The van der Waals surface area contributed by atoms with Crippen LogP contribution in [0.1, 0.15) is 27.9 Å². The van der Waals surface area contributed by atoms with E-state index in [2.05, 4.69) is 10.1 Å². The average Bonchev–Trinajstić information content (AvgIpc) is 3.01. The molecule has 0 spiro atoms. The third-order valence-electron chi connectivity index (χ3n) is 9.01. The van der Waals surface area contributed by atoms with Crippen molar-refractivity contribution in [1.29, 1.82) is 0 Å². The zero-order valence-electron chi connectivity index (χ0n) is 25.1. The molecule has 1 fully saturated rings. The second-order valence-corrected chi connectivity index (χ2v) is 11.8. The molecule has 242 valence electrons. The molecular weight excluding hydrogens is 602 g/mol. The summed E-state index contributed by atoms with van der Waals surface area (Å²) in [6, 6.07) is 6.57. The lowest BCUT2D eigenvalue weighted by molar-refractivity contribution is -0.153. The van der Waals surface area contributed by atoms with E-state index in [1.165, 1.54) is 37.2 Å². The number of likely N-dealkylation sites (N-methyl/N-ethyl adjacent to an activating group) is 1. The highest BCUT2D eigenvalue weighted by molar-refractivity contribution is 6.24. The van der Waals surface area contributed by atoms with Crippen molar-refractivity contribution >= 4 is 35.1 Å². The van der Waals surface area contributed by atoms with Gasteiger partial charge < -0.3 is 41.3 Å². The molecule has 14 heteroatoms. The molecule has 0 saturated heterocycles. The molecule has 0 radical (unpaired) electrons. The van der Waals surface area contributed by atoms with E-state index in [-0.39, 0.29) is 35.3 Å². The predicted molar refractivity (Wildman–Crippen MR) is 160 cm³/mol. The van der Waals surface area contributed by atoms with Crippen molar-refractivity contribution in [1.82, 2.24) is 10.2 Å². The van der Waals surface area contributed by atoms with Crippen LogP contribution in [0.15, 0.2) is 53.3 Å². The van der Waals surface area contributed by atoms with Gasteiger partial charge in [-0.2, -0.15) is 0 Å². The van der Waals surface area contributed by atoms with Crippen LogP contribution >= 0.6 is 0 Å². The van der Waals surface area contributed by atoms with Gasteiger partial charge in [0.1, 0.15) is 22.8 Å². The lowest BCUT2D eigenvalue weighted by Gasteiger charge is -2.50. The number of nitrogens with one attached hydrogen (secondary N) is 1. The van der Waals surface area contributed by atoms with Crippen LogP contribution in [0.25, 0.3) is 16.9 Å². The quantitative estimate of drug-likeness (QED) is 0.156. The topological polar surface area (TPSA) is 237 Å². The molecule has 5 rings (SSSR count). The number of fused-ring (bicyclic) bond motifs is 3. The normalized spacial score (nSPS) is 24.6. The number of benzene rings is 2. The van der Waals surface area contributed by atoms with Crippen molar-refractivity contribution < 1.29 is 54.2 Å². The minimum Gasteiger partial charge on any atom is -0.508 e. The first-order valence-electron chi connectivity index (χ1n) is 14.3. The highest BCUT2D eigenvalue weighted by atomic mass is 16.5. The highest BCUT2D eigenvalue weighted by Crippen LogP contribution is 2.53. The number of aromatic hydroxyl groups is 1. The fourth-order valence-electron chi connectivity index (χ4n) is 6.91. The van der Waals surface area contributed by atoms with Crippen LogP contribution in [0.3, 0.4) is 0 Å². The maximum Gasteiger partial charge on any atom is 0.330 e. The average molecular weight is 636 g/mol. The summed E-state index contributed by atoms with van der Waals surface area (Å²) in [6.45, 7) is -0.689. The molecule has 2 unspecified atom stereocenters. The van der Waals surface area contributed by atoms with Crippen LogP contribution in [0.4, 0.5) is 0 Å². The van der Waals surface area contributed by atoms with Gasteiger partial charge in [-0.1, -0.05) is 18.2 Å². The fraction of sp³-hybridized carbons (Fsp3) is 0.344. The Labute approximate surface area is 262 Å². The Morgan fingerprint density at radius 3 is 2.43 bits per heavy atom. The minimum absolute atomic E-state index is 0.0453. The number of methoxy groups -OCH3 is 1. The Morgan fingerprint density at radius 2 is 1.83 bits per heavy atom. The maximum absolute atomic E-state index is 14.0. The summed E-state index contributed by atoms with van der Waals surface area (Å²) in [6.07, 6.45) is -0.0387. The molecule has 0 bridgehead atoms. The van der Waals surface area contributed by atoms with Crippen molar-refractivity contribution in [3.8, 4) is 16.9 Å². The monoisotopic (exact) mass is 635 g/mol. The molecule has 0 aliphatic heterocycles. The standard InChI is InChI=1S/C32H33N3O11/c1-35(2)24-18-11-15-10-17-16(13-5-4-6-14(9-13)30(43)34-19(12-36)31(44)46-3)7-8-20(37)22(17)25(38)21(15)27(40)32(18,45)28(41)23(26(24)39)29(33)42/h4-9,15,18-19,24,36-38,41,45H,10-12H2,1-3H3,(H2,33,42)(H,34,43)/t15-,18-,19?,24?,32-/m1/s1. The summed E-state index contributed by atoms with van der Waals surface area (Å²) in [7, 11) is 4.15. The first-order valence-corrected chi connectivity index (χ1v) is 14.3. The van der Waals surface area contributed by atoms with Gasteiger partial charge in [-0.3, -0.25) is 24.1 Å². The van der Waals surface area contributed by atoms with Crippen LogP contribution in [0.2, 0.25) is 0 Å². The van der Waals surface area contributed by atoms with Crippen molar-refractivity contribution in [2.75, 3.05) is 27.8 Å². The Kier molecular flexibility index (Phi) is 8.23. The van der Waals surface area contributed by atoms with Crippen LogP contribution in [0, 0.1) is 11.8 Å². The molecule has 5 atom stereocenters. The summed E-state index contributed by atoms with van der Waals surface area (Å²) in [5.41, 5.74) is 2.81. The molecule has 3 aliphatic rings. The fourth-order valence-corrected chi connectivity index (χ4v) is 6.91. The minimum atomic E-state index is -2.75. The van der Waals surface area contributed by atoms with E-state index in [4.69, 9.17) is 5.73 Å². The second kappa shape index (κ2) is 11.7. The number of nitrogens with zero attached hydrogens (tertiary/aromatic N) is 1. The van der Waals surface area contributed by atoms with E-state index in [1.54, 1.807) is 18.2 Å². The van der Waals surface area contributed by atoms with E-state index in [0.29, 0.717) is 16.7 Å². The molecule has 2 aromatic rings. The smallest absolute Gasteiger partial charge is 0.330 e. The van der Waals surface area contributed by atoms with Crippen LogP contribution in [-0.4, -0.2) is 105 Å². The van der Waals surface area contributed by atoms with Gasteiger partial charge in [0.2, 0.25) is 5.78 Å². The third-order valence-corrected chi connectivity index (χ3v) is 9.01. The summed E-state index contributed by atoms with van der Waals surface area (Å²) in [4.78, 5) is 65.7. The number of phenolic OH excluding ortho intramolecular Hbond substituents is 1. The first kappa shape index (κ1) is 32.3. The number of rotatable bonds is 7. The van der Waals surface area contributed by atoms with Gasteiger partial charge in [0, 0.05) is 17.1 Å². The zero-order valence-corrected chi connectivity index (χ0v) is 25.1. The largest absolute Gasteiger partial charge is 0.508 e. The number of ether oxygens (including phenoxy) is 1. The molecule has 8 N–H and O–H groups in total. The van der Waals surface area contributed by atoms with E-state index in [0.717, 1.165) is 7.11 Å². The number of esters is 1. The number of primary amides is 1. The third kappa shape index (κ3) is 4.81. The van der Waals surface area contributed by atoms with Crippen LogP contribution in [-0.2, 0) is 30.3 Å². The second-order valence-electron chi connectivity index (χ2n) is 11.8. The van der Waals surface area contributed by atoms with Crippen molar-refractivity contribution in [3.05, 3.63) is 70.0 Å². The Hall–Kier alpha value is -5.05. The SMILES string of the molecule is COC(=O)C(CO)NC(=O)c1cccc(-c2ccc(O)c3c2C[C@@H]2C[C@@H]4C(N(C)C)C(=O)C(C(N)=O)=C(O)[C@]4(O)C(=O)C2=C3O)c1. The predicted octanol–water partition coefficient (Wildman–Crippen LogP) is -0.105. The number of aliphatic hydroxyl groups excluding tert-OH is 3. The number of ketones is 2. The van der Waals surface area contributed by atoms with E-state index < -0.39 is 82.6 Å². The Balaban J connectivity index is 1.62. The van der Waals surface area contributed by atoms with Crippen LogP contribution in [0.5, 0.6) is 5.75 Å². The van der Waals surface area contributed by atoms with Gasteiger partial charge in [-0.15, -0.1) is 0 Å². The summed E-state index contributed by atoms with van der Waals surface area (Å²) >= 11 is 0. The molecular formula is C32H33N3O11. The molecule has 46 heavy (non-hydrogen) atoms. The lowest BCUT2D eigenvalue weighted by Crippen LogP contribution is -2.65. The number of carbonyl (C=O) groups excluding carboxylic acids is 5. The zero-order chi connectivity index (χ0) is 33.8. The van der Waals surface area contributed by atoms with E-state index >= 15 is 0 Å². The Morgan fingerprint density at radius 1 is 1.13 bits per heavy atom. The molecule has 2 aromatic carbocycles. The number of hydrogen-bond acceptors (Lipinski definition) is 12.